The summed E-state index contributed by atoms with van der Waals surface area (Å²) in [6.45, 7) is 1.92. The topological polar surface area (TPSA) is 32.7 Å². The first-order valence-electron chi connectivity index (χ1n) is 5.41. The largest absolute Gasteiger partial charge is 0.486 e. The van der Waals surface area contributed by atoms with E-state index in [1.165, 1.54) is 17.7 Å². The Labute approximate surface area is 108 Å². The summed E-state index contributed by atoms with van der Waals surface area (Å²) in [7, 11) is 1.69. The average Bonchev–Trinajstić information content (AvgIpc) is 3.03. The molecule has 1 aliphatic carbocycles. The van der Waals surface area contributed by atoms with Gasteiger partial charge in [0.05, 0.1) is 18.2 Å². The summed E-state index contributed by atoms with van der Waals surface area (Å²) in [5, 5.41) is 9.95. The monoisotopic (exact) mass is 305 g/mol. The van der Waals surface area contributed by atoms with Crippen LogP contribution in [0.3, 0.4) is 0 Å². The van der Waals surface area contributed by atoms with E-state index in [1.54, 1.807) is 18.4 Å². The third-order valence-corrected chi connectivity index (χ3v) is 4.63. The van der Waals surface area contributed by atoms with E-state index >= 15 is 0 Å². The van der Waals surface area contributed by atoms with Gasteiger partial charge in [-0.2, -0.15) is 0 Å². The van der Waals surface area contributed by atoms with Gasteiger partial charge in [-0.25, -0.2) is 0 Å². The quantitative estimate of drug-likeness (QED) is 0.876. The molecule has 1 fully saturated rings. The second-order valence-corrected chi connectivity index (χ2v) is 5.93. The van der Waals surface area contributed by atoms with Crippen LogP contribution in [-0.4, -0.2) is 36.3 Å². The maximum Gasteiger partial charge on any atom is 0.188 e. The maximum absolute atomic E-state index is 9.03. The minimum absolute atomic E-state index is 0.236. The van der Waals surface area contributed by atoms with E-state index in [-0.39, 0.29) is 6.61 Å². The molecule has 1 aromatic heterocycles. The predicted octanol–water partition coefficient (Wildman–Crippen LogP) is 2.48. The lowest BCUT2D eigenvalue weighted by Crippen LogP contribution is -2.28. The molecule has 1 heterocycles. The molecule has 0 amide bonds. The average molecular weight is 306 g/mol. The number of nitrogens with zero attached hydrogens (tertiary/aromatic N) is 1. The van der Waals surface area contributed by atoms with E-state index in [0.717, 1.165) is 22.6 Å². The molecule has 0 aliphatic heterocycles. The Bertz CT molecular complexity index is 352. The number of aliphatic hydroxyl groups excluding tert-OH is 1. The van der Waals surface area contributed by atoms with Crippen molar-refractivity contribution in [2.45, 2.75) is 25.4 Å². The fourth-order valence-electron chi connectivity index (χ4n) is 1.77. The third kappa shape index (κ3) is 2.97. The highest BCUT2D eigenvalue weighted by molar-refractivity contribution is 9.10. The van der Waals surface area contributed by atoms with Crippen LogP contribution in [0.15, 0.2) is 10.5 Å². The number of thiophene rings is 1. The van der Waals surface area contributed by atoms with Crippen LogP contribution in [0.4, 0.5) is 0 Å². The molecule has 0 unspecified atom stereocenters. The first kappa shape index (κ1) is 12.4. The Morgan fingerprint density at radius 1 is 1.62 bits per heavy atom. The number of rotatable bonds is 6. The van der Waals surface area contributed by atoms with E-state index in [4.69, 9.17) is 9.84 Å². The normalized spacial score (nSPS) is 15.8. The molecule has 5 heteroatoms. The summed E-state index contributed by atoms with van der Waals surface area (Å²) < 4.78 is 6.27. The summed E-state index contributed by atoms with van der Waals surface area (Å²) in [5.41, 5.74) is 0. The molecule has 1 N–H and O–H groups in total. The zero-order chi connectivity index (χ0) is 11.5. The van der Waals surface area contributed by atoms with Crippen molar-refractivity contribution in [1.29, 1.82) is 0 Å². The minimum atomic E-state index is 0.236. The number of aliphatic hydroxyl groups is 1. The van der Waals surface area contributed by atoms with Gasteiger partial charge in [0.1, 0.15) is 0 Å². The van der Waals surface area contributed by atoms with Crippen molar-refractivity contribution in [2.24, 2.45) is 0 Å². The van der Waals surface area contributed by atoms with Crippen molar-refractivity contribution in [1.82, 2.24) is 4.90 Å². The minimum Gasteiger partial charge on any atom is -0.486 e. The lowest BCUT2D eigenvalue weighted by Gasteiger charge is -2.19. The van der Waals surface area contributed by atoms with Crippen molar-refractivity contribution in [3.63, 3.8) is 0 Å². The van der Waals surface area contributed by atoms with Gasteiger partial charge < -0.3 is 9.84 Å². The zero-order valence-electron chi connectivity index (χ0n) is 9.28. The fraction of sp³-hybridized carbons (Fsp3) is 0.636. The van der Waals surface area contributed by atoms with Gasteiger partial charge >= 0.3 is 0 Å². The molecule has 3 nitrogen and oxygen atoms in total. The molecule has 16 heavy (non-hydrogen) atoms. The molecule has 1 aromatic rings. The smallest absolute Gasteiger partial charge is 0.188 e. The van der Waals surface area contributed by atoms with Crippen molar-refractivity contribution in [3.8, 4) is 5.06 Å². The molecule has 0 spiro atoms. The molecule has 1 saturated carbocycles. The molecule has 0 saturated heterocycles. The van der Waals surface area contributed by atoms with Crippen LogP contribution in [0.25, 0.3) is 0 Å². The van der Waals surface area contributed by atoms with E-state index in [9.17, 15) is 0 Å². The Morgan fingerprint density at radius 3 is 2.88 bits per heavy atom. The van der Waals surface area contributed by atoms with Crippen LogP contribution in [0.1, 0.15) is 17.7 Å². The molecule has 2 rings (SSSR count). The standard InChI is InChI=1S/C11H16BrNO2S/c1-15-11-10(12)6-9(16-11)7-13(4-5-14)8-2-3-8/h6,8,14H,2-5,7H2,1H3. The van der Waals surface area contributed by atoms with Gasteiger partial charge in [-0.1, -0.05) is 0 Å². The maximum atomic E-state index is 9.03. The van der Waals surface area contributed by atoms with E-state index in [0.29, 0.717) is 6.04 Å². The summed E-state index contributed by atoms with van der Waals surface area (Å²) in [5.74, 6) is 0. The van der Waals surface area contributed by atoms with Crippen LogP contribution in [0, 0.1) is 0 Å². The highest BCUT2D eigenvalue weighted by Gasteiger charge is 2.28. The Hall–Kier alpha value is -0.100. The summed E-state index contributed by atoms with van der Waals surface area (Å²) >= 11 is 5.14. The number of hydrogen-bond donors (Lipinski definition) is 1. The Kier molecular flexibility index (Phi) is 4.24. The van der Waals surface area contributed by atoms with Crippen LogP contribution in [-0.2, 0) is 6.54 Å². The Balaban J connectivity index is 2.00. The lowest BCUT2D eigenvalue weighted by molar-refractivity contribution is 0.184. The molecular weight excluding hydrogens is 290 g/mol. The third-order valence-electron chi connectivity index (χ3n) is 2.70. The van der Waals surface area contributed by atoms with Gasteiger partial charge in [0.2, 0.25) is 0 Å². The van der Waals surface area contributed by atoms with Gasteiger partial charge in [0.15, 0.2) is 5.06 Å². The van der Waals surface area contributed by atoms with Crippen molar-refractivity contribution in [3.05, 3.63) is 15.4 Å². The number of ether oxygens (including phenoxy) is 1. The van der Waals surface area contributed by atoms with Crippen LogP contribution < -0.4 is 4.74 Å². The van der Waals surface area contributed by atoms with Gasteiger partial charge in [-0.05, 0) is 34.8 Å². The summed E-state index contributed by atoms with van der Waals surface area (Å²) in [4.78, 5) is 3.63. The summed E-state index contributed by atoms with van der Waals surface area (Å²) in [6, 6.07) is 2.79. The summed E-state index contributed by atoms with van der Waals surface area (Å²) in [6.07, 6.45) is 2.54. The molecular formula is C11H16BrNO2S. The second kappa shape index (κ2) is 5.49. The van der Waals surface area contributed by atoms with Crippen LogP contribution in [0.5, 0.6) is 5.06 Å². The molecule has 0 aromatic carbocycles. The number of methoxy groups -OCH3 is 1. The Morgan fingerprint density at radius 2 is 2.38 bits per heavy atom. The van der Waals surface area contributed by atoms with Gasteiger partial charge in [0, 0.05) is 24.0 Å². The predicted molar refractivity (Wildman–Crippen MR) is 69.1 cm³/mol. The van der Waals surface area contributed by atoms with E-state index in [1.807, 2.05) is 0 Å². The molecule has 0 radical (unpaired) electrons. The van der Waals surface area contributed by atoms with Gasteiger partial charge in [-0.15, -0.1) is 11.3 Å². The molecule has 90 valence electrons. The zero-order valence-corrected chi connectivity index (χ0v) is 11.7. The lowest BCUT2D eigenvalue weighted by atomic mass is 10.4. The fourth-order valence-corrected chi connectivity index (χ4v) is 3.49. The molecule has 1 aliphatic rings. The van der Waals surface area contributed by atoms with Gasteiger partial charge in [-0.3, -0.25) is 4.90 Å². The molecule has 0 atom stereocenters. The van der Waals surface area contributed by atoms with Crippen LogP contribution in [0.2, 0.25) is 0 Å². The number of hydrogen-bond acceptors (Lipinski definition) is 4. The SMILES string of the molecule is COc1sc(CN(CCO)C2CC2)cc1Br. The second-order valence-electron chi connectivity index (χ2n) is 3.98. The van der Waals surface area contributed by atoms with E-state index in [2.05, 4.69) is 26.9 Å². The number of halogens is 1. The van der Waals surface area contributed by atoms with Gasteiger partial charge in [0.25, 0.3) is 0 Å². The van der Waals surface area contributed by atoms with Crippen molar-refractivity contribution >= 4 is 27.3 Å². The van der Waals surface area contributed by atoms with Crippen molar-refractivity contribution < 1.29 is 9.84 Å². The van der Waals surface area contributed by atoms with E-state index < -0.39 is 0 Å². The highest BCUT2D eigenvalue weighted by atomic mass is 79.9. The van der Waals surface area contributed by atoms with Crippen molar-refractivity contribution in [2.75, 3.05) is 20.3 Å². The van der Waals surface area contributed by atoms with Crippen LogP contribution >= 0.6 is 27.3 Å². The first-order chi connectivity index (χ1) is 7.74. The highest BCUT2D eigenvalue weighted by Crippen LogP contribution is 2.36. The molecule has 0 bridgehead atoms. The first-order valence-corrected chi connectivity index (χ1v) is 7.02.